The van der Waals surface area contributed by atoms with Gasteiger partial charge < -0.3 is 10.5 Å². The van der Waals surface area contributed by atoms with Gasteiger partial charge in [-0.3, -0.25) is 4.72 Å². The van der Waals surface area contributed by atoms with Crippen molar-refractivity contribution in [3.8, 4) is 0 Å². The molecule has 1 aromatic rings. The summed E-state index contributed by atoms with van der Waals surface area (Å²) >= 11 is 1.23. The molecular formula is C9H17N3O3S2. The van der Waals surface area contributed by atoms with Gasteiger partial charge in [0.05, 0.1) is 11.4 Å². The van der Waals surface area contributed by atoms with Crippen molar-refractivity contribution in [3.63, 3.8) is 0 Å². The van der Waals surface area contributed by atoms with Crippen molar-refractivity contribution in [2.24, 2.45) is 5.73 Å². The van der Waals surface area contributed by atoms with Crippen molar-refractivity contribution in [2.75, 3.05) is 24.2 Å². The zero-order valence-electron chi connectivity index (χ0n) is 9.84. The molecule has 98 valence electrons. The first kappa shape index (κ1) is 14.4. The van der Waals surface area contributed by atoms with Crippen LogP contribution in [0.2, 0.25) is 0 Å². The average molecular weight is 279 g/mol. The Labute approximate surface area is 105 Å². The summed E-state index contributed by atoms with van der Waals surface area (Å²) in [5.74, 6) is 0.0218. The Kier molecular flexibility index (Phi) is 5.31. The molecule has 0 saturated heterocycles. The van der Waals surface area contributed by atoms with E-state index < -0.39 is 10.0 Å². The van der Waals surface area contributed by atoms with Crippen LogP contribution in [0.25, 0.3) is 0 Å². The molecule has 0 radical (unpaired) electrons. The van der Waals surface area contributed by atoms with E-state index in [0.717, 1.165) is 0 Å². The van der Waals surface area contributed by atoms with Crippen LogP contribution in [-0.4, -0.2) is 32.9 Å². The molecule has 1 rings (SSSR count). The number of methoxy groups -OCH3 is 1. The van der Waals surface area contributed by atoms with E-state index in [0.29, 0.717) is 23.9 Å². The van der Waals surface area contributed by atoms with Crippen molar-refractivity contribution in [1.82, 2.24) is 4.98 Å². The molecule has 0 aliphatic heterocycles. The molecule has 8 heteroatoms. The van der Waals surface area contributed by atoms with E-state index in [1.54, 1.807) is 12.3 Å². The smallest absolute Gasteiger partial charge is 0.234 e. The molecule has 6 nitrogen and oxygen atoms in total. The minimum atomic E-state index is -3.34. The van der Waals surface area contributed by atoms with E-state index in [-0.39, 0.29) is 11.8 Å². The van der Waals surface area contributed by atoms with E-state index >= 15 is 0 Å². The first-order valence-corrected chi connectivity index (χ1v) is 7.68. The third kappa shape index (κ3) is 4.99. The molecule has 1 atom stereocenters. The highest BCUT2D eigenvalue weighted by Crippen LogP contribution is 2.20. The van der Waals surface area contributed by atoms with Crippen LogP contribution in [0.3, 0.4) is 0 Å². The Morgan fingerprint density at radius 2 is 2.35 bits per heavy atom. The summed E-state index contributed by atoms with van der Waals surface area (Å²) in [7, 11) is -1.80. The lowest BCUT2D eigenvalue weighted by Gasteiger charge is -2.04. The molecule has 0 aliphatic rings. The predicted molar refractivity (Wildman–Crippen MR) is 68.6 cm³/mol. The van der Waals surface area contributed by atoms with Crippen LogP contribution in [-0.2, 0) is 14.8 Å². The Balaban J connectivity index is 2.57. The zero-order valence-corrected chi connectivity index (χ0v) is 11.5. The second kappa shape index (κ2) is 6.29. The van der Waals surface area contributed by atoms with Crippen LogP contribution >= 0.6 is 11.3 Å². The molecule has 3 N–H and O–H groups in total. The highest BCUT2D eigenvalue weighted by molar-refractivity contribution is 7.92. The standard InChI is InChI=1S/C9H17N3O3S2/c1-7(10)8-6-16-9(11-8)12-17(13,14)5-3-4-15-2/h6-7H,3-5,10H2,1-2H3,(H,11,12). The van der Waals surface area contributed by atoms with Crippen molar-refractivity contribution in [1.29, 1.82) is 0 Å². The summed E-state index contributed by atoms with van der Waals surface area (Å²) in [6, 6.07) is -0.196. The number of hydrogen-bond acceptors (Lipinski definition) is 6. The average Bonchev–Trinajstić information content (AvgIpc) is 2.65. The number of hydrogen-bond donors (Lipinski definition) is 2. The van der Waals surface area contributed by atoms with E-state index in [4.69, 9.17) is 10.5 Å². The molecule has 0 spiro atoms. The Bertz CT molecular complexity index is 442. The highest BCUT2D eigenvalue weighted by Gasteiger charge is 2.13. The fourth-order valence-electron chi connectivity index (χ4n) is 1.12. The normalized spacial score (nSPS) is 13.6. The largest absolute Gasteiger partial charge is 0.385 e. The quantitative estimate of drug-likeness (QED) is 0.724. The number of nitrogens with two attached hydrogens (primary N) is 1. The number of sulfonamides is 1. The molecule has 1 unspecified atom stereocenters. The second-order valence-electron chi connectivity index (χ2n) is 3.63. The van der Waals surface area contributed by atoms with Gasteiger partial charge in [0.25, 0.3) is 0 Å². The SMILES string of the molecule is COCCCS(=O)(=O)Nc1nc(C(C)N)cs1. The summed E-state index contributed by atoms with van der Waals surface area (Å²) in [6.45, 7) is 2.22. The monoisotopic (exact) mass is 279 g/mol. The number of nitrogens with one attached hydrogen (secondary N) is 1. The number of aromatic nitrogens is 1. The van der Waals surface area contributed by atoms with Crippen molar-refractivity contribution in [2.45, 2.75) is 19.4 Å². The summed E-state index contributed by atoms with van der Waals surface area (Å²) < 4.78 is 30.5. The number of thiazole rings is 1. The topological polar surface area (TPSA) is 94.3 Å². The van der Waals surface area contributed by atoms with Crippen LogP contribution in [0.5, 0.6) is 0 Å². The molecule has 0 aromatic carbocycles. The van der Waals surface area contributed by atoms with Gasteiger partial charge in [0, 0.05) is 25.1 Å². The van der Waals surface area contributed by atoms with Crippen LogP contribution in [0.1, 0.15) is 25.1 Å². The molecule has 0 bridgehead atoms. The summed E-state index contributed by atoms with van der Waals surface area (Å²) in [5.41, 5.74) is 6.32. The summed E-state index contributed by atoms with van der Waals surface area (Å²) in [6.07, 6.45) is 0.456. The third-order valence-corrected chi connectivity index (χ3v) is 4.23. The lowest BCUT2D eigenvalue weighted by molar-refractivity contribution is 0.199. The molecule has 17 heavy (non-hydrogen) atoms. The minimum absolute atomic E-state index is 0.0218. The third-order valence-electron chi connectivity index (χ3n) is 1.99. The summed E-state index contributed by atoms with van der Waals surface area (Å²) in [4.78, 5) is 4.10. The van der Waals surface area contributed by atoms with Gasteiger partial charge in [-0.1, -0.05) is 0 Å². The predicted octanol–water partition coefficient (Wildman–Crippen LogP) is 0.941. The number of nitrogens with zero attached hydrogens (tertiary/aromatic N) is 1. The van der Waals surface area contributed by atoms with Gasteiger partial charge in [-0.25, -0.2) is 13.4 Å². The van der Waals surface area contributed by atoms with Gasteiger partial charge >= 0.3 is 0 Å². The molecular weight excluding hydrogens is 262 g/mol. The van der Waals surface area contributed by atoms with E-state index in [1.165, 1.54) is 18.4 Å². The van der Waals surface area contributed by atoms with E-state index in [1.807, 2.05) is 0 Å². The first-order chi connectivity index (χ1) is 7.94. The number of rotatable bonds is 7. The minimum Gasteiger partial charge on any atom is -0.385 e. The highest BCUT2D eigenvalue weighted by atomic mass is 32.2. The zero-order chi connectivity index (χ0) is 12.9. The van der Waals surface area contributed by atoms with Crippen molar-refractivity contribution >= 4 is 26.5 Å². The van der Waals surface area contributed by atoms with Gasteiger partial charge in [-0.15, -0.1) is 11.3 Å². The fourth-order valence-corrected chi connectivity index (χ4v) is 3.26. The second-order valence-corrected chi connectivity index (χ2v) is 6.33. The first-order valence-electron chi connectivity index (χ1n) is 5.15. The van der Waals surface area contributed by atoms with Gasteiger partial charge in [0.15, 0.2) is 5.13 Å². The molecule has 0 aliphatic carbocycles. The fraction of sp³-hybridized carbons (Fsp3) is 0.667. The molecule has 0 saturated carbocycles. The van der Waals surface area contributed by atoms with Crippen LogP contribution in [0, 0.1) is 0 Å². The van der Waals surface area contributed by atoms with E-state index in [9.17, 15) is 8.42 Å². The Morgan fingerprint density at radius 3 is 2.88 bits per heavy atom. The van der Waals surface area contributed by atoms with E-state index in [2.05, 4.69) is 9.71 Å². The maximum Gasteiger partial charge on any atom is 0.234 e. The maximum atomic E-state index is 11.6. The Hall–Kier alpha value is -0.700. The molecule has 0 fully saturated rings. The Morgan fingerprint density at radius 1 is 1.65 bits per heavy atom. The van der Waals surface area contributed by atoms with Crippen molar-refractivity contribution < 1.29 is 13.2 Å². The van der Waals surface area contributed by atoms with Crippen LogP contribution in [0.15, 0.2) is 5.38 Å². The van der Waals surface area contributed by atoms with Gasteiger partial charge in [-0.2, -0.15) is 0 Å². The molecule has 1 aromatic heterocycles. The van der Waals surface area contributed by atoms with Crippen LogP contribution in [0.4, 0.5) is 5.13 Å². The maximum absolute atomic E-state index is 11.6. The van der Waals surface area contributed by atoms with Gasteiger partial charge in [-0.05, 0) is 13.3 Å². The number of ether oxygens (including phenoxy) is 1. The lowest BCUT2D eigenvalue weighted by atomic mass is 10.3. The summed E-state index contributed by atoms with van der Waals surface area (Å²) in [5, 5.41) is 2.10. The van der Waals surface area contributed by atoms with Gasteiger partial charge in [0.1, 0.15) is 0 Å². The van der Waals surface area contributed by atoms with Gasteiger partial charge in [0.2, 0.25) is 10.0 Å². The molecule has 0 amide bonds. The van der Waals surface area contributed by atoms with Crippen LogP contribution < -0.4 is 10.5 Å². The number of anilines is 1. The molecule has 1 heterocycles. The lowest BCUT2D eigenvalue weighted by Crippen LogP contribution is -2.17. The van der Waals surface area contributed by atoms with Crippen molar-refractivity contribution in [3.05, 3.63) is 11.1 Å².